The Bertz CT molecular complexity index is 758. The summed E-state index contributed by atoms with van der Waals surface area (Å²) in [6, 6.07) is 15.1. The quantitative estimate of drug-likeness (QED) is 0.379. The first-order chi connectivity index (χ1) is 13.7. The number of carbonyl (C=O) groups is 1. The van der Waals surface area contributed by atoms with Gasteiger partial charge in [0.05, 0.1) is 0 Å². The second kappa shape index (κ2) is 12.6. The Balaban J connectivity index is 0.000000708. The number of nitrogens with zero attached hydrogens (tertiary/aromatic N) is 2. The van der Waals surface area contributed by atoms with E-state index in [1.807, 2.05) is 24.3 Å². The Morgan fingerprint density at radius 2 is 2.10 bits per heavy atom. The molecule has 2 atom stereocenters. The number of rotatable bonds is 6. The van der Waals surface area contributed by atoms with Crippen LogP contribution >= 0.6 is 0 Å². The molecule has 29 heavy (non-hydrogen) atoms. The van der Waals surface area contributed by atoms with Crippen LogP contribution in [-0.2, 0) is 4.79 Å². The monoisotopic (exact) mass is 416 g/mol. The topological polar surface area (TPSA) is 68.3 Å². The largest absolute Gasteiger partial charge is 1.00 e. The molecule has 2 aromatic rings. The molecule has 2 fully saturated rings. The predicted octanol–water partition coefficient (Wildman–Crippen LogP) is -0.846. The molecule has 0 bridgehead atoms. The first-order valence-corrected chi connectivity index (χ1v) is 9.88. The molecule has 5 nitrogen and oxygen atoms in total. The Morgan fingerprint density at radius 3 is 2.72 bits per heavy atom. The fourth-order valence-electron chi connectivity index (χ4n) is 3.94. The minimum absolute atomic E-state index is 0. The number of carbonyl (C=O) groups excluding carboxylic acids is 1. The van der Waals surface area contributed by atoms with Gasteiger partial charge in [-0.25, -0.2) is 0 Å². The summed E-state index contributed by atoms with van der Waals surface area (Å²) in [7, 11) is 0. The number of pyridine rings is 1. The molecule has 1 saturated carbocycles. The molecular formula is C23H27KN3O2-. The summed E-state index contributed by atoms with van der Waals surface area (Å²) >= 11 is 0. The Morgan fingerprint density at radius 1 is 1.34 bits per heavy atom. The van der Waals surface area contributed by atoms with Gasteiger partial charge in [-0.3, -0.25) is 9.78 Å². The van der Waals surface area contributed by atoms with E-state index in [2.05, 4.69) is 33.4 Å². The van der Waals surface area contributed by atoms with Gasteiger partial charge in [0.15, 0.2) is 0 Å². The molecule has 4 rings (SSSR count). The molecule has 1 aromatic heterocycles. The second-order valence-electron chi connectivity index (χ2n) is 7.15. The van der Waals surface area contributed by atoms with Crippen LogP contribution in [0, 0.1) is 23.8 Å². The van der Waals surface area contributed by atoms with E-state index in [9.17, 15) is 4.79 Å². The molecule has 1 saturated heterocycles. The number of piperidine rings is 1. The Hall–Kier alpha value is -1.02. The number of benzene rings is 1. The summed E-state index contributed by atoms with van der Waals surface area (Å²) < 4.78 is 0. The third kappa shape index (κ3) is 7.31. The van der Waals surface area contributed by atoms with Crippen molar-refractivity contribution >= 4 is 17.7 Å². The van der Waals surface area contributed by atoms with Crippen LogP contribution in [-0.4, -0.2) is 37.1 Å². The molecule has 6 heteroatoms. The minimum atomic E-state index is -0.0314. The molecule has 2 unspecified atom stereocenters. The summed E-state index contributed by atoms with van der Waals surface area (Å²) in [4.78, 5) is 18.4. The number of amides is 1. The van der Waals surface area contributed by atoms with Gasteiger partial charge < -0.3 is 15.3 Å². The normalized spacial score (nSPS) is 21.6. The molecule has 1 aromatic carbocycles. The SMILES string of the molecule is CC[O-].O=C(/C=C/c1cccnc1)NCCC1C2CN(c3c[c-]ccc3)CC12.[K+]. The molecule has 148 valence electrons. The van der Waals surface area contributed by atoms with Crippen LogP contribution in [0.2, 0.25) is 0 Å². The van der Waals surface area contributed by atoms with E-state index in [0.717, 1.165) is 49.4 Å². The summed E-state index contributed by atoms with van der Waals surface area (Å²) in [5.74, 6) is 2.33. The van der Waals surface area contributed by atoms with E-state index < -0.39 is 0 Å². The average Bonchev–Trinajstić information content (AvgIpc) is 3.17. The third-order valence-corrected chi connectivity index (χ3v) is 5.32. The van der Waals surface area contributed by atoms with Gasteiger partial charge in [-0.2, -0.15) is 24.3 Å². The van der Waals surface area contributed by atoms with E-state index in [0.29, 0.717) is 0 Å². The van der Waals surface area contributed by atoms with Crippen molar-refractivity contribution in [2.24, 2.45) is 17.8 Å². The maximum atomic E-state index is 11.9. The van der Waals surface area contributed by atoms with Gasteiger partial charge in [-0.05, 0) is 41.9 Å². The van der Waals surface area contributed by atoms with Crippen LogP contribution in [0.3, 0.4) is 0 Å². The van der Waals surface area contributed by atoms with Gasteiger partial charge in [-0.15, -0.1) is 12.7 Å². The number of hydrogen-bond acceptors (Lipinski definition) is 4. The predicted molar refractivity (Wildman–Crippen MR) is 109 cm³/mol. The Kier molecular flexibility index (Phi) is 10.6. The minimum Gasteiger partial charge on any atom is -0.855 e. The fourth-order valence-corrected chi connectivity index (χ4v) is 3.94. The van der Waals surface area contributed by atoms with E-state index >= 15 is 0 Å². The third-order valence-electron chi connectivity index (χ3n) is 5.32. The van der Waals surface area contributed by atoms with Crippen LogP contribution in [0.1, 0.15) is 18.9 Å². The van der Waals surface area contributed by atoms with Crippen molar-refractivity contribution in [3.8, 4) is 0 Å². The maximum absolute atomic E-state index is 11.9. The maximum Gasteiger partial charge on any atom is 1.00 e. The van der Waals surface area contributed by atoms with Crippen molar-refractivity contribution in [2.45, 2.75) is 13.3 Å². The summed E-state index contributed by atoms with van der Waals surface area (Å²) in [5.41, 5.74) is 2.22. The number of nitrogens with one attached hydrogen (secondary N) is 1. The molecule has 2 heterocycles. The van der Waals surface area contributed by atoms with E-state index in [-0.39, 0.29) is 63.9 Å². The smallest absolute Gasteiger partial charge is 0.855 e. The van der Waals surface area contributed by atoms with Crippen molar-refractivity contribution in [1.82, 2.24) is 10.3 Å². The first kappa shape index (κ1) is 24.2. The molecule has 1 aliphatic heterocycles. The van der Waals surface area contributed by atoms with Crippen LogP contribution in [0.4, 0.5) is 5.69 Å². The zero-order chi connectivity index (χ0) is 19.8. The summed E-state index contributed by atoms with van der Waals surface area (Å²) in [6.07, 6.45) is 7.92. The van der Waals surface area contributed by atoms with Gasteiger partial charge in [-0.1, -0.05) is 18.7 Å². The Labute approximate surface area is 216 Å². The van der Waals surface area contributed by atoms with E-state index in [4.69, 9.17) is 5.11 Å². The van der Waals surface area contributed by atoms with Crippen molar-refractivity contribution < 1.29 is 61.3 Å². The van der Waals surface area contributed by atoms with Gasteiger partial charge in [0.1, 0.15) is 0 Å². The standard InChI is InChI=1S/C21H22N3O.C2H5O.K/c25-21(9-8-16-5-4-11-22-13-16)23-12-10-18-19-14-24(15-20(18)19)17-6-2-1-3-7-17;1-2-3;/h1-2,4-9,11,13,18-20H,10,12,14-15H2,(H,23,25);2H2,1H3;/q2*-1;+1/b9-8+;;. The second-order valence-corrected chi connectivity index (χ2v) is 7.15. The molecule has 2 aliphatic rings. The summed E-state index contributed by atoms with van der Waals surface area (Å²) in [6.45, 7) is 4.61. The van der Waals surface area contributed by atoms with Crippen molar-refractivity contribution in [3.05, 3.63) is 66.5 Å². The first-order valence-electron chi connectivity index (χ1n) is 9.88. The molecular weight excluding hydrogens is 389 g/mol. The molecule has 0 radical (unpaired) electrons. The number of hydrogen-bond donors (Lipinski definition) is 1. The van der Waals surface area contributed by atoms with Gasteiger partial charge >= 0.3 is 51.4 Å². The van der Waals surface area contributed by atoms with Crippen molar-refractivity contribution in [2.75, 3.05) is 31.1 Å². The van der Waals surface area contributed by atoms with Gasteiger partial charge in [0, 0.05) is 38.1 Å². The molecule has 0 spiro atoms. The summed E-state index contributed by atoms with van der Waals surface area (Å²) in [5, 5.41) is 11.9. The number of fused-ring (bicyclic) bond motifs is 1. The van der Waals surface area contributed by atoms with Crippen LogP contribution in [0.25, 0.3) is 6.08 Å². The molecule has 1 N–H and O–H groups in total. The molecule has 1 aliphatic carbocycles. The van der Waals surface area contributed by atoms with Crippen LogP contribution in [0.15, 0.2) is 54.9 Å². The van der Waals surface area contributed by atoms with Crippen LogP contribution < -0.4 is 66.7 Å². The van der Waals surface area contributed by atoms with Gasteiger partial charge in [0.2, 0.25) is 5.91 Å². The number of anilines is 1. The van der Waals surface area contributed by atoms with Crippen LogP contribution in [0.5, 0.6) is 0 Å². The zero-order valence-corrected chi connectivity index (χ0v) is 20.4. The van der Waals surface area contributed by atoms with Crippen molar-refractivity contribution in [1.29, 1.82) is 0 Å². The van der Waals surface area contributed by atoms with E-state index in [1.54, 1.807) is 31.5 Å². The molecule has 1 amide bonds. The average molecular weight is 417 g/mol. The van der Waals surface area contributed by atoms with E-state index in [1.165, 1.54) is 5.69 Å². The zero-order valence-electron chi connectivity index (χ0n) is 17.3. The van der Waals surface area contributed by atoms with Crippen molar-refractivity contribution in [3.63, 3.8) is 0 Å². The fraction of sp³-hybridized carbons (Fsp3) is 0.391. The number of aromatic nitrogens is 1. The van der Waals surface area contributed by atoms with Gasteiger partial charge in [0.25, 0.3) is 0 Å².